The molecule has 1 N–H and O–H groups in total. The molecule has 0 amide bonds. The Morgan fingerprint density at radius 1 is 1.25 bits per heavy atom. The number of aryl methyl sites for hydroxylation is 2. The third kappa shape index (κ3) is 1.67. The third-order valence-electron chi connectivity index (χ3n) is 2.60. The summed E-state index contributed by atoms with van der Waals surface area (Å²) in [5, 5.41) is 8.94. The molecule has 0 unspecified atom stereocenters. The molecule has 1 aromatic heterocycles. The Kier molecular flexibility index (Phi) is 2.66. The van der Waals surface area contributed by atoms with Crippen molar-refractivity contribution in [2.75, 3.05) is 0 Å². The van der Waals surface area contributed by atoms with Crippen LogP contribution in [0.4, 0.5) is 0 Å². The number of rotatable bonds is 2. The van der Waals surface area contributed by atoms with Gasteiger partial charge in [-0.3, -0.25) is 4.57 Å². The molecule has 0 aliphatic heterocycles. The summed E-state index contributed by atoms with van der Waals surface area (Å²) in [5.74, 6) is 0. The molecule has 0 saturated heterocycles. The van der Waals surface area contributed by atoms with Crippen molar-refractivity contribution in [3.63, 3.8) is 0 Å². The number of aliphatic hydroxyl groups is 1. The summed E-state index contributed by atoms with van der Waals surface area (Å²) in [5.41, 5.74) is 2.49. The molecule has 0 bridgehead atoms. The van der Waals surface area contributed by atoms with Crippen molar-refractivity contribution in [3.05, 3.63) is 52.2 Å². The largest absolute Gasteiger partial charge is 0.392 e. The van der Waals surface area contributed by atoms with Gasteiger partial charge in [-0.25, -0.2) is 4.79 Å². The van der Waals surface area contributed by atoms with E-state index in [2.05, 4.69) is 0 Å². The Morgan fingerprint density at radius 3 is 2.31 bits per heavy atom. The topological polar surface area (TPSA) is 47.2 Å². The van der Waals surface area contributed by atoms with Crippen LogP contribution in [0.2, 0.25) is 0 Å². The van der Waals surface area contributed by atoms with Gasteiger partial charge in [-0.15, -0.1) is 0 Å². The normalized spacial score (nSPS) is 10.7. The van der Waals surface area contributed by atoms with Gasteiger partial charge in [0.15, 0.2) is 0 Å². The number of hydrogen-bond donors (Lipinski definition) is 1. The van der Waals surface area contributed by atoms with Crippen LogP contribution in [-0.4, -0.2) is 14.2 Å². The van der Waals surface area contributed by atoms with Crippen LogP contribution in [-0.2, 0) is 13.7 Å². The van der Waals surface area contributed by atoms with Gasteiger partial charge in [0.1, 0.15) is 0 Å². The first-order chi connectivity index (χ1) is 7.63. The average Bonchev–Trinajstić information content (AvgIpc) is 2.54. The molecule has 0 aliphatic carbocycles. The highest BCUT2D eigenvalue weighted by molar-refractivity contribution is 5.36. The summed E-state index contributed by atoms with van der Waals surface area (Å²) < 4.78 is 3.19. The summed E-state index contributed by atoms with van der Waals surface area (Å²) in [6, 6.07) is 7.29. The maximum atomic E-state index is 11.8. The standard InChI is InChI=1S/C12H14N2O2/c1-9-7-13(2)12(16)14(9)11-5-3-10(8-15)4-6-11/h3-7,15H,8H2,1-2H3. The van der Waals surface area contributed by atoms with Gasteiger partial charge in [-0.2, -0.15) is 0 Å². The van der Waals surface area contributed by atoms with Crippen LogP contribution in [0.1, 0.15) is 11.3 Å². The number of hydrogen-bond acceptors (Lipinski definition) is 2. The Morgan fingerprint density at radius 2 is 1.88 bits per heavy atom. The molecule has 4 nitrogen and oxygen atoms in total. The minimum atomic E-state index is -0.0609. The second-order valence-electron chi connectivity index (χ2n) is 3.82. The molecular weight excluding hydrogens is 204 g/mol. The number of imidazole rings is 1. The second-order valence-corrected chi connectivity index (χ2v) is 3.82. The van der Waals surface area contributed by atoms with E-state index in [1.54, 1.807) is 22.4 Å². The first-order valence-corrected chi connectivity index (χ1v) is 5.08. The van der Waals surface area contributed by atoms with E-state index in [-0.39, 0.29) is 12.3 Å². The molecule has 84 valence electrons. The van der Waals surface area contributed by atoms with E-state index in [1.165, 1.54) is 0 Å². The molecule has 2 rings (SSSR count). The zero-order valence-electron chi connectivity index (χ0n) is 9.34. The van der Waals surface area contributed by atoms with Crippen molar-refractivity contribution in [2.24, 2.45) is 7.05 Å². The Balaban J connectivity index is 2.54. The van der Waals surface area contributed by atoms with E-state index in [9.17, 15) is 4.79 Å². The highest BCUT2D eigenvalue weighted by atomic mass is 16.3. The SMILES string of the molecule is Cc1cn(C)c(=O)n1-c1ccc(CO)cc1. The van der Waals surface area contributed by atoms with E-state index >= 15 is 0 Å². The molecule has 0 saturated carbocycles. The molecule has 1 aromatic carbocycles. The second kappa shape index (κ2) is 3.98. The van der Waals surface area contributed by atoms with Gasteiger partial charge in [0, 0.05) is 18.9 Å². The van der Waals surface area contributed by atoms with E-state index in [0.29, 0.717) is 0 Å². The zero-order valence-corrected chi connectivity index (χ0v) is 9.34. The van der Waals surface area contributed by atoms with Crippen LogP contribution in [0.15, 0.2) is 35.3 Å². The lowest BCUT2D eigenvalue weighted by atomic mass is 10.2. The Labute approximate surface area is 93.4 Å². The van der Waals surface area contributed by atoms with Crippen molar-refractivity contribution < 1.29 is 5.11 Å². The van der Waals surface area contributed by atoms with Crippen molar-refractivity contribution in [3.8, 4) is 5.69 Å². The quantitative estimate of drug-likeness (QED) is 0.816. The average molecular weight is 218 g/mol. The monoisotopic (exact) mass is 218 g/mol. The summed E-state index contributed by atoms with van der Waals surface area (Å²) in [7, 11) is 1.73. The van der Waals surface area contributed by atoms with Gasteiger partial charge in [-0.1, -0.05) is 12.1 Å². The van der Waals surface area contributed by atoms with Gasteiger partial charge in [-0.05, 0) is 24.6 Å². The number of nitrogens with zero attached hydrogens (tertiary/aromatic N) is 2. The fourth-order valence-corrected chi connectivity index (χ4v) is 1.77. The minimum Gasteiger partial charge on any atom is -0.392 e. The molecular formula is C12H14N2O2. The van der Waals surface area contributed by atoms with Crippen molar-refractivity contribution in [1.29, 1.82) is 0 Å². The molecule has 0 radical (unpaired) electrons. The predicted molar refractivity (Wildman–Crippen MR) is 61.7 cm³/mol. The highest BCUT2D eigenvalue weighted by Gasteiger charge is 2.06. The van der Waals surface area contributed by atoms with Gasteiger partial charge in [0.25, 0.3) is 0 Å². The lowest BCUT2D eigenvalue weighted by Crippen LogP contribution is -2.21. The molecule has 2 aromatic rings. The fraction of sp³-hybridized carbons (Fsp3) is 0.250. The third-order valence-corrected chi connectivity index (χ3v) is 2.60. The summed E-state index contributed by atoms with van der Waals surface area (Å²) in [4.78, 5) is 11.8. The van der Waals surface area contributed by atoms with E-state index in [4.69, 9.17) is 5.11 Å². The lowest BCUT2D eigenvalue weighted by Gasteiger charge is -2.04. The van der Waals surface area contributed by atoms with Crippen LogP contribution in [0.25, 0.3) is 5.69 Å². The van der Waals surface area contributed by atoms with Gasteiger partial charge >= 0.3 is 5.69 Å². The maximum Gasteiger partial charge on any atom is 0.332 e. The number of aliphatic hydroxyl groups excluding tert-OH is 1. The number of benzene rings is 1. The van der Waals surface area contributed by atoms with Crippen molar-refractivity contribution in [2.45, 2.75) is 13.5 Å². The molecule has 0 fully saturated rings. The molecule has 0 aliphatic rings. The van der Waals surface area contributed by atoms with Gasteiger partial charge in [0.2, 0.25) is 0 Å². The molecule has 0 atom stereocenters. The van der Waals surface area contributed by atoms with Crippen LogP contribution < -0.4 is 5.69 Å². The summed E-state index contributed by atoms with van der Waals surface area (Å²) in [6.45, 7) is 1.91. The lowest BCUT2D eigenvalue weighted by molar-refractivity contribution is 0.282. The first-order valence-electron chi connectivity index (χ1n) is 5.08. The summed E-state index contributed by atoms with van der Waals surface area (Å²) >= 11 is 0. The Hall–Kier alpha value is -1.81. The maximum absolute atomic E-state index is 11.8. The van der Waals surface area contributed by atoms with Gasteiger partial charge < -0.3 is 9.67 Å². The van der Waals surface area contributed by atoms with Crippen molar-refractivity contribution in [1.82, 2.24) is 9.13 Å². The predicted octanol–water partition coefficient (Wildman–Crippen LogP) is 0.977. The van der Waals surface area contributed by atoms with Crippen molar-refractivity contribution >= 4 is 0 Å². The summed E-state index contributed by atoms with van der Waals surface area (Å²) in [6.07, 6.45) is 1.79. The van der Waals surface area contributed by atoms with E-state index in [1.807, 2.05) is 31.2 Å². The fourth-order valence-electron chi connectivity index (χ4n) is 1.77. The molecule has 1 heterocycles. The Bertz CT molecular complexity index is 549. The van der Waals surface area contributed by atoms with E-state index < -0.39 is 0 Å². The molecule has 0 spiro atoms. The van der Waals surface area contributed by atoms with Crippen LogP contribution in [0.3, 0.4) is 0 Å². The molecule has 16 heavy (non-hydrogen) atoms. The van der Waals surface area contributed by atoms with Crippen LogP contribution >= 0.6 is 0 Å². The first kappa shape index (κ1) is 10.7. The zero-order chi connectivity index (χ0) is 11.7. The van der Waals surface area contributed by atoms with Crippen LogP contribution in [0.5, 0.6) is 0 Å². The highest BCUT2D eigenvalue weighted by Crippen LogP contribution is 2.10. The minimum absolute atomic E-state index is 0.0168. The smallest absolute Gasteiger partial charge is 0.332 e. The van der Waals surface area contributed by atoms with Gasteiger partial charge in [0.05, 0.1) is 12.3 Å². The molecule has 4 heteroatoms. The van der Waals surface area contributed by atoms with E-state index in [0.717, 1.165) is 16.9 Å². The van der Waals surface area contributed by atoms with Crippen LogP contribution in [0, 0.1) is 6.92 Å². The number of aromatic nitrogens is 2.